The quantitative estimate of drug-likeness (QED) is 0.444. The largest absolute Gasteiger partial charge is 0.333 e. The summed E-state index contributed by atoms with van der Waals surface area (Å²) in [7, 11) is 0. The highest BCUT2D eigenvalue weighted by Gasteiger charge is 2.32. The molecule has 1 aliphatic rings. The van der Waals surface area contributed by atoms with E-state index in [0.717, 1.165) is 35.4 Å². The molecule has 0 aliphatic carbocycles. The van der Waals surface area contributed by atoms with Crippen molar-refractivity contribution in [2.45, 2.75) is 31.8 Å². The van der Waals surface area contributed by atoms with Gasteiger partial charge in [0.15, 0.2) is 0 Å². The molecule has 1 atom stereocenters. The van der Waals surface area contributed by atoms with Crippen molar-refractivity contribution in [3.05, 3.63) is 114 Å². The molecule has 2 aromatic carbocycles. The minimum atomic E-state index is -0.264. The molecule has 6 nitrogen and oxygen atoms in total. The van der Waals surface area contributed by atoms with E-state index in [0.29, 0.717) is 25.1 Å². The molecular weight excluding hydrogens is 417 g/mol. The van der Waals surface area contributed by atoms with Gasteiger partial charge in [0.1, 0.15) is 5.82 Å². The number of amides is 1. The van der Waals surface area contributed by atoms with Gasteiger partial charge in [-0.2, -0.15) is 0 Å². The number of nitrogens with zero attached hydrogens (tertiary/aromatic N) is 5. The van der Waals surface area contributed by atoms with Crippen LogP contribution in [0.25, 0.3) is 0 Å². The molecule has 0 spiro atoms. The van der Waals surface area contributed by atoms with Crippen molar-refractivity contribution in [2.75, 3.05) is 6.54 Å². The topological polar surface area (TPSA) is 63.9 Å². The highest BCUT2D eigenvalue weighted by molar-refractivity contribution is 5.94. The zero-order valence-electron chi connectivity index (χ0n) is 18.1. The summed E-state index contributed by atoms with van der Waals surface area (Å²) in [5.41, 5.74) is 4.11. The first-order valence-electron chi connectivity index (χ1n) is 11.1. The van der Waals surface area contributed by atoms with E-state index in [2.05, 4.69) is 9.97 Å². The summed E-state index contributed by atoms with van der Waals surface area (Å²) < 4.78 is 15.5. The number of carbonyl (C=O) groups excluding carboxylic acids is 1. The lowest BCUT2D eigenvalue weighted by Gasteiger charge is -2.24. The summed E-state index contributed by atoms with van der Waals surface area (Å²) in [6.45, 7) is 1.35. The number of hydrogen-bond acceptors (Lipinski definition) is 4. The molecular formula is C26H24FN5O. The Morgan fingerprint density at radius 1 is 1.06 bits per heavy atom. The molecule has 2 aromatic heterocycles. The Hall–Kier alpha value is -3.87. The van der Waals surface area contributed by atoms with Gasteiger partial charge < -0.3 is 9.47 Å². The molecule has 0 saturated carbocycles. The van der Waals surface area contributed by atoms with E-state index >= 15 is 0 Å². The van der Waals surface area contributed by atoms with Crippen molar-refractivity contribution in [3.8, 4) is 0 Å². The summed E-state index contributed by atoms with van der Waals surface area (Å²) in [5, 5.41) is 0. The van der Waals surface area contributed by atoms with Crippen LogP contribution in [0.15, 0.2) is 79.6 Å². The zero-order chi connectivity index (χ0) is 22.6. The molecule has 0 N–H and O–H groups in total. The Balaban J connectivity index is 1.34. The van der Waals surface area contributed by atoms with Crippen LogP contribution in [0.2, 0.25) is 0 Å². The second kappa shape index (κ2) is 9.32. The number of likely N-dealkylation sites (tertiary alicyclic amines) is 1. The standard InChI is InChI=1S/C26H24FN5O/c27-22-7-2-4-19(13-22)14-23-15-29-16-24(30-23)25-8-3-10-32(25)26(33)21-6-1-5-20(12-21)17-31-11-9-28-18-31/h1-2,4-7,9,11-13,15-16,18,25H,3,8,10,14,17H2. The molecule has 1 fully saturated rings. The summed E-state index contributed by atoms with van der Waals surface area (Å²) in [6, 6.07) is 14.1. The number of aromatic nitrogens is 4. The molecule has 1 amide bonds. The number of carbonyl (C=O) groups is 1. The lowest BCUT2D eigenvalue weighted by Crippen LogP contribution is -2.31. The smallest absolute Gasteiger partial charge is 0.254 e. The Morgan fingerprint density at radius 3 is 2.79 bits per heavy atom. The number of halogens is 1. The van der Waals surface area contributed by atoms with Crippen LogP contribution in [0.4, 0.5) is 4.39 Å². The molecule has 33 heavy (non-hydrogen) atoms. The monoisotopic (exact) mass is 441 g/mol. The Bertz CT molecular complexity index is 1260. The van der Waals surface area contributed by atoms with Crippen LogP contribution in [0.3, 0.4) is 0 Å². The molecule has 1 aliphatic heterocycles. The SMILES string of the molecule is O=C(c1cccc(Cn2ccnc2)c1)N1CCCC1c1cncc(Cc2cccc(F)c2)n1. The van der Waals surface area contributed by atoms with Crippen LogP contribution >= 0.6 is 0 Å². The molecule has 1 saturated heterocycles. The molecule has 0 radical (unpaired) electrons. The minimum absolute atomic E-state index is 0.00214. The fourth-order valence-corrected chi connectivity index (χ4v) is 4.40. The van der Waals surface area contributed by atoms with Crippen LogP contribution in [-0.2, 0) is 13.0 Å². The first kappa shape index (κ1) is 21.0. The van der Waals surface area contributed by atoms with Crippen LogP contribution in [0, 0.1) is 5.82 Å². The van der Waals surface area contributed by atoms with E-state index in [1.54, 1.807) is 31.0 Å². The summed E-state index contributed by atoms with van der Waals surface area (Å²) >= 11 is 0. The fraction of sp³-hybridized carbons (Fsp3) is 0.231. The Labute approximate surface area is 191 Å². The maximum absolute atomic E-state index is 13.5. The molecule has 0 bridgehead atoms. The first-order valence-corrected chi connectivity index (χ1v) is 11.1. The first-order chi connectivity index (χ1) is 16.2. The zero-order valence-corrected chi connectivity index (χ0v) is 18.1. The Morgan fingerprint density at radius 2 is 1.94 bits per heavy atom. The molecule has 166 valence electrons. The van der Waals surface area contributed by atoms with Crippen molar-refractivity contribution in [1.82, 2.24) is 24.4 Å². The Kier molecular flexibility index (Phi) is 5.93. The molecule has 5 rings (SSSR count). The molecule has 3 heterocycles. The predicted octanol–water partition coefficient (Wildman–Crippen LogP) is 4.43. The van der Waals surface area contributed by atoms with Gasteiger partial charge in [0.25, 0.3) is 5.91 Å². The average Bonchev–Trinajstić information content (AvgIpc) is 3.51. The normalized spacial score (nSPS) is 15.7. The predicted molar refractivity (Wildman–Crippen MR) is 122 cm³/mol. The van der Waals surface area contributed by atoms with E-state index in [9.17, 15) is 9.18 Å². The van der Waals surface area contributed by atoms with Gasteiger partial charge in [-0.1, -0.05) is 24.3 Å². The number of benzene rings is 2. The van der Waals surface area contributed by atoms with Crippen molar-refractivity contribution in [1.29, 1.82) is 0 Å². The second-order valence-electron chi connectivity index (χ2n) is 8.33. The third-order valence-corrected chi connectivity index (χ3v) is 5.93. The maximum atomic E-state index is 13.5. The summed E-state index contributed by atoms with van der Waals surface area (Å²) in [4.78, 5) is 28.5. The van der Waals surface area contributed by atoms with Gasteiger partial charge in [-0.15, -0.1) is 0 Å². The fourth-order valence-electron chi connectivity index (χ4n) is 4.40. The third kappa shape index (κ3) is 4.82. The van der Waals surface area contributed by atoms with E-state index in [-0.39, 0.29) is 17.8 Å². The second-order valence-corrected chi connectivity index (χ2v) is 8.33. The summed E-state index contributed by atoms with van der Waals surface area (Å²) in [5.74, 6) is -0.262. The summed E-state index contributed by atoms with van der Waals surface area (Å²) in [6.07, 6.45) is 11.1. The van der Waals surface area contributed by atoms with Gasteiger partial charge in [0.05, 0.1) is 30.0 Å². The molecule has 4 aromatic rings. The maximum Gasteiger partial charge on any atom is 0.254 e. The molecule has 1 unspecified atom stereocenters. The van der Waals surface area contributed by atoms with Crippen molar-refractivity contribution in [2.24, 2.45) is 0 Å². The number of hydrogen-bond donors (Lipinski definition) is 0. The number of imidazole rings is 1. The van der Waals surface area contributed by atoms with Gasteiger partial charge in [-0.3, -0.25) is 14.8 Å². The van der Waals surface area contributed by atoms with E-state index in [4.69, 9.17) is 4.98 Å². The average molecular weight is 442 g/mol. The van der Waals surface area contributed by atoms with Crippen LogP contribution in [0.5, 0.6) is 0 Å². The van der Waals surface area contributed by atoms with Crippen LogP contribution in [0.1, 0.15) is 51.8 Å². The van der Waals surface area contributed by atoms with E-state index in [1.165, 1.54) is 12.1 Å². The van der Waals surface area contributed by atoms with Gasteiger partial charge in [-0.25, -0.2) is 9.37 Å². The van der Waals surface area contributed by atoms with Crippen LogP contribution in [-0.4, -0.2) is 36.9 Å². The van der Waals surface area contributed by atoms with E-state index in [1.807, 2.05) is 46.0 Å². The lowest BCUT2D eigenvalue weighted by molar-refractivity contribution is 0.0732. The molecule has 7 heteroatoms. The van der Waals surface area contributed by atoms with Crippen molar-refractivity contribution < 1.29 is 9.18 Å². The lowest BCUT2D eigenvalue weighted by atomic mass is 10.1. The van der Waals surface area contributed by atoms with Crippen LogP contribution < -0.4 is 0 Å². The van der Waals surface area contributed by atoms with Gasteiger partial charge >= 0.3 is 0 Å². The van der Waals surface area contributed by atoms with Crippen molar-refractivity contribution >= 4 is 5.91 Å². The highest BCUT2D eigenvalue weighted by atomic mass is 19.1. The van der Waals surface area contributed by atoms with Gasteiger partial charge in [0, 0.05) is 43.7 Å². The van der Waals surface area contributed by atoms with E-state index < -0.39 is 0 Å². The van der Waals surface area contributed by atoms with Gasteiger partial charge in [-0.05, 0) is 48.2 Å². The van der Waals surface area contributed by atoms with Gasteiger partial charge in [0.2, 0.25) is 0 Å². The minimum Gasteiger partial charge on any atom is -0.333 e. The number of rotatable bonds is 6. The third-order valence-electron chi connectivity index (χ3n) is 5.93. The highest BCUT2D eigenvalue weighted by Crippen LogP contribution is 2.32. The van der Waals surface area contributed by atoms with Crippen molar-refractivity contribution in [3.63, 3.8) is 0 Å².